The van der Waals surface area contributed by atoms with E-state index in [1.807, 2.05) is 12.1 Å². The van der Waals surface area contributed by atoms with Gasteiger partial charge in [0.15, 0.2) is 0 Å². The minimum Gasteiger partial charge on any atom is -0.353 e. The lowest BCUT2D eigenvalue weighted by Crippen LogP contribution is -2.26. The van der Waals surface area contributed by atoms with Crippen LogP contribution in [-0.4, -0.2) is 11.9 Å². The molecule has 0 aliphatic heterocycles. The zero-order valence-electron chi connectivity index (χ0n) is 12.4. The number of rotatable bonds is 4. The summed E-state index contributed by atoms with van der Waals surface area (Å²) in [5.41, 5.74) is 2.26. The molecule has 1 aromatic carbocycles. The molecule has 1 atom stereocenters. The van der Waals surface area contributed by atoms with Gasteiger partial charge in [-0.15, -0.1) is 0 Å². The molecule has 0 heterocycles. The fourth-order valence-electron chi connectivity index (χ4n) is 2.15. The Morgan fingerprint density at radius 1 is 1.35 bits per heavy atom. The summed E-state index contributed by atoms with van der Waals surface area (Å²) >= 11 is 0. The summed E-state index contributed by atoms with van der Waals surface area (Å²) in [5.74, 6) is -0.373. The van der Waals surface area contributed by atoms with Crippen LogP contribution >= 0.6 is 0 Å². The van der Waals surface area contributed by atoms with E-state index in [-0.39, 0.29) is 23.7 Å². The van der Waals surface area contributed by atoms with Crippen LogP contribution in [0.25, 0.3) is 0 Å². The summed E-state index contributed by atoms with van der Waals surface area (Å²) < 4.78 is 0. The molecule has 3 nitrogen and oxygen atoms in total. The number of nitrogens with one attached hydrogen (secondary N) is 1. The van der Waals surface area contributed by atoms with Crippen LogP contribution in [0.1, 0.15) is 57.1 Å². The van der Waals surface area contributed by atoms with Crippen molar-refractivity contribution in [1.29, 1.82) is 5.26 Å². The van der Waals surface area contributed by atoms with Gasteiger partial charge in [0, 0.05) is 12.5 Å². The molecule has 2 rings (SSSR count). The third kappa shape index (κ3) is 3.84. The topological polar surface area (TPSA) is 52.9 Å². The maximum absolute atomic E-state index is 11.8. The Morgan fingerprint density at radius 3 is 2.40 bits per heavy atom. The van der Waals surface area contributed by atoms with Crippen LogP contribution in [0.5, 0.6) is 0 Å². The predicted octanol–water partition coefficient (Wildman–Crippen LogP) is 3.26. The van der Waals surface area contributed by atoms with Crippen molar-refractivity contribution in [1.82, 2.24) is 5.32 Å². The number of nitriles is 1. The van der Waals surface area contributed by atoms with Gasteiger partial charge in [0.2, 0.25) is 5.91 Å². The zero-order valence-corrected chi connectivity index (χ0v) is 12.4. The molecule has 106 valence electrons. The third-order valence-corrected chi connectivity index (χ3v) is 3.67. The van der Waals surface area contributed by atoms with E-state index < -0.39 is 0 Å². The van der Waals surface area contributed by atoms with Crippen molar-refractivity contribution in [2.45, 2.75) is 57.4 Å². The van der Waals surface area contributed by atoms with Crippen molar-refractivity contribution in [2.24, 2.45) is 0 Å². The van der Waals surface area contributed by atoms with E-state index in [0.29, 0.717) is 6.04 Å². The Balaban J connectivity index is 2.03. The summed E-state index contributed by atoms with van der Waals surface area (Å²) in [4.78, 5) is 11.8. The second-order valence-electron chi connectivity index (χ2n) is 6.60. The normalized spacial score (nSPS) is 16.3. The van der Waals surface area contributed by atoms with E-state index in [4.69, 9.17) is 0 Å². The van der Waals surface area contributed by atoms with Crippen LogP contribution in [0.4, 0.5) is 0 Å². The van der Waals surface area contributed by atoms with Crippen molar-refractivity contribution in [3.63, 3.8) is 0 Å². The monoisotopic (exact) mass is 270 g/mol. The number of benzene rings is 1. The smallest absolute Gasteiger partial charge is 0.221 e. The maximum atomic E-state index is 11.8. The quantitative estimate of drug-likeness (QED) is 0.913. The molecule has 1 aliphatic rings. The lowest BCUT2D eigenvalue weighted by Gasteiger charge is -2.19. The van der Waals surface area contributed by atoms with Gasteiger partial charge in [-0.25, -0.2) is 0 Å². The van der Waals surface area contributed by atoms with Crippen LogP contribution in [0.2, 0.25) is 0 Å². The molecule has 0 bridgehead atoms. The minimum absolute atomic E-state index is 0.0149. The molecule has 1 N–H and O–H groups in total. The number of hydrogen-bond acceptors (Lipinski definition) is 2. The SMILES string of the molecule is CC(C)(C)c1ccc(C(C#N)CC(=O)NC2CC2)cc1. The Labute approximate surface area is 121 Å². The summed E-state index contributed by atoms with van der Waals surface area (Å²) in [5, 5.41) is 12.2. The second-order valence-corrected chi connectivity index (χ2v) is 6.60. The molecule has 1 aromatic rings. The fraction of sp³-hybridized carbons (Fsp3) is 0.529. The third-order valence-electron chi connectivity index (χ3n) is 3.67. The highest BCUT2D eigenvalue weighted by Crippen LogP contribution is 2.26. The number of carbonyl (C=O) groups is 1. The van der Waals surface area contributed by atoms with E-state index in [0.717, 1.165) is 18.4 Å². The van der Waals surface area contributed by atoms with Crippen LogP contribution in [-0.2, 0) is 10.2 Å². The Hall–Kier alpha value is -1.82. The molecule has 20 heavy (non-hydrogen) atoms. The van der Waals surface area contributed by atoms with Gasteiger partial charge in [0.1, 0.15) is 0 Å². The van der Waals surface area contributed by atoms with E-state index in [1.165, 1.54) is 5.56 Å². The molecule has 1 amide bonds. The number of nitrogens with zero attached hydrogens (tertiary/aromatic N) is 1. The zero-order chi connectivity index (χ0) is 14.8. The summed E-state index contributed by atoms with van der Waals surface area (Å²) in [6.07, 6.45) is 2.40. The number of amides is 1. The Kier molecular flexibility index (Phi) is 4.13. The molecule has 3 heteroatoms. The first kappa shape index (κ1) is 14.6. The van der Waals surface area contributed by atoms with Gasteiger partial charge in [-0.2, -0.15) is 5.26 Å². The maximum Gasteiger partial charge on any atom is 0.221 e. The largest absolute Gasteiger partial charge is 0.353 e. The van der Waals surface area contributed by atoms with Gasteiger partial charge in [-0.3, -0.25) is 4.79 Å². The first-order valence-corrected chi connectivity index (χ1v) is 7.19. The summed E-state index contributed by atoms with van der Waals surface area (Å²) in [6, 6.07) is 10.6. The molecule has 1 unspecified atom stereocenters. The number of hydrogen-bond donors (Lipinski definition) is 1. The highest BCUT2D eigenvalue weighted by molar-refractivity contribution is 5.78. The van der Waals surface area contributed by atoms with Gasteiger partial charge >= 0.3 is 0 Å². The van der Waals surface area contributed by atoms with Crippen LogP contribution in [0.15, 0.2) is 24.3 Å². The van der Waals surface area contributed by atoms with Gasteiger partial charge in [-0.05, 0) is 29.4 Å². The van der Waals surface area contributed by atoms with Crippen molar-refractivity contribution in [3.8, 4) is 6.07 Å². The van der Waals surface area contributed by atoms with Crippen LogP contribution in [0.3, 0.4) is 0 Å². The van der Waals surface area contributed by atoms with Gasteiger partial charge < -0.3 is 5.32 Å². The molecule has 0 radical (unpaired) electrons. The van der Waals surface area contributed by atoms with Gasteiger partial charge in [0.05, 0.1) is 12.0 Å². The Bertz CT molecular complexity index is 515. The lowest BCUT2D eigenvalue weighted by molar-refractivity contribution is -0.121. The van der Waals surface area contributed by atoms with Crippen LogP contribution < -0.4 is 5.32 Å². The molecule has 0 saturated heterocycles. The molecule has 0 spiro atoms. The van der Waals surface area contributed by atoms with Gasteiger partial charge in [-0.1, -0.05) is 45.0 Å². The van der Waals surface area contributed by atoms with E-state index in [9.17, 15) is 10.1 Å². The van der Waals surface area contributed by atoms with Crippen molar-refractivity contribution in [3.05, 3.63) is 35.4 Å². The molecular weight excluding hydrogens is 248 g/mol. The first-order valence-electron chi connectivity index (χ1n) is 7.19. The first-order chi connectivity index (χ1) is 9.40. The van der Waals surface area contributed by atoms with Crippen LogP contribution in [0, 0.1) is 11.3 Å². The van der Waals surface area contributed by atoms with Crippen molar-refractivity contribution in [2.75, 3.05) is 0 Å². The average molecular weight is 270 g/mol. The lowest BCUT2D eigenvalue weighted by atomic mass is 9.85. The minimum atomic E-state index is -0.359. The van der Waals surface area contributed by atoms with E-state index >= 15 is 0 Å². The van der Waals surface area contributed by atoms with Crippen molar-refractivity contribution >= 4 is 5.91 Å². The molecule has 1 aliphatic carbocycles. The molecule has 1 fully saturated rings. The second kappa shape index (κ2) is 5.66. The van der Waals surface area contributed by atoms with Crippen molar-refractivity contribution < 1.29 is 4.79 Å². The highest BCUT2D eigenvalue weighted by atomic mass is 16.1. The van der Waals surface area contributed by atoms with Gasteiger partial charge in [0.25, 0.3) is 0 Å². The molecule has 0 aromatic heterocycles. The average Bonchev–Trinajstić information content (AvgIpc) is 3.19. The summed E-state index contributed by atoms with van der Waals surface area (Å²) in [7, 11) is 0. The molecule has 1 saturated carbocycles. The standard InChI is InChI=1S/C17H22N2O/c1-17(2,3)14-6-4-12(5-7-14)13(11-18)10-16(20)19-15-8-9-15/h4-7,13,15H,8-10H2,1-3H3,(H,19,20). The Morgan fingerprint density at radius 2 is 1.95 bits per heavy atom. The predicted molar refractivity (Wildman–Crippen MR) is 79.3 cm³/mol. The van der Waals surface area contributed by atoms with E-state index in [2.05, 4.69) is 44.3 Å². The van der Waals surface area contributed by atoms with E-state index in [1.54, 1.807) is 0 Å². The summed E-state index contributed by atoms with van der Waals surface area (Å²) in [6.45, 7) is 6.48. The fourth-order valence-corrected chi connectivity index (χ4v) is 2.15. The highest BCUT2D eigenvalue weighted by Gasteiger charge is 2.25. The molecular formula is C17H22N2O. The number of carbonyl (C=O) groups excluding carboxylic acids is 1.